The summed E-state index contributed by atoms with van der Waals surface area (Å²) in [5, 5.41) is 4.16. The van der Waals surface area contributed by atoms with Gasteiger partial charge < -0.3 is 5.32 Å². The molecule has 0 saturated carbocycles. The summed E-state index contributed by atoms with van der Waals surface area (Å²) in [6.45, 7) is 3.17. The number of halogens is 1. The molecule has 2 heterocycles. The molecule has 2 atom stereocenters. The van der Waals surface area contributed by atoms with Gasteiger partial charge in [0.15, 0.2) is 0 Å². The van der Waals surface area contributed by atoms with Gasteiger partial charge in [0, 0.05) is 12.2 Å². The summed E-state index contributed by atoms with van der Waals surface area (Å²) in [6, 6.07) is 2.80. The number of nitrogens with zero attached hydrogens (tertiary/aromatic N) is 1. The van der Waals surface area contributed by atoms with Crippen LogP contribution in [0.4, 0.5) is 0 Å². The third-order valence-corrected chi connectivity index (χ3v) is 4.04. The van der Waals surface area contributed by atoms with Crippen molar-refractivity contribution < 1.29 is 0 Å². The Bertz CT molecular complexity index is 453. The maximum Gasteiger partial charge on any atom is 0.131 e. The highest BCUT2D eigenvalue weighted by molar-refractivity contribution is 6.30. The number of aromatic nitrogens is 1. The van der Waals surface area contributed by atoms with Crippen molar-refractivity contribution in [3.63, 3.8) is 0 Å². The van der Waals surface area contributed by atoms with E-state index in [2.05, 4.69) is 22.4 Å². The SMILES string of the molecule is Cc1cc(C2=C[C@@H]3CCN[C@@H]3C2)cnc1Cl. The summed E-state index contributed by atoms with van der Waals surface area (Å²) in [5.41, 5.74) is 3.72. The molecule has 1 fully saturated rings. The average molecular weight is 235 g/mol. The Morgan fingerprint density at radius 2 is 2.38 bits per heavy atom. The van der Waals surface area contributed by atoms with Crippen LogP contribution in [0.25, 0.3) is 5.57 Å². The van der Waals surface area contributed by atoms with Crippen molar-refractivity contribution in [1.29, 1.82) is 0 Å². The van der Waals surface area contributed by atoms with E-state index in [0.717, 1.165) is 24.4 Å². The molecule has 0 bridgehead atoms. The summed E-state index contributed by atoms with van der Waals surface area (Å²) >= 11 is 5.94. The standard InChI is InChI=1S/C13H15ClN2/c1-8-4-11(7-16-13(8)14)10-5-9-2-3-15-12(9)6-10/h4-5,7,9,12,15H,2-3,6H2,1H3/t9-,12+/m0/s1. The molecule has 0 spiro atoms. The number of fused-ring (bicyclic) bond motifs is 1. The summed E-state index contributed by atoms with van der Waals surface area (Å²) in [4.78, 5) is 4.22. The van der Waals surface area contributed by atoms with Crippen molar-refractivity contribution in [2.45, 2.75) is 25.8 Å². The monoisotopic (exact) mass is 234 g/mol. The molecule has 16 heavy (non-hydrogen) atoms. The van der Waals surface area contributed by atoms with E-state index in [0.29, 0.717) is 11.2 Å². The van der Waals surface area contributed by atoms with Gasteiger partial charge in [-0.1, -0.05) is 17.7 Å². The van der Waals surface area contributed by atoms with Gasteiger partial charge in [-0.25, -0.2) is 4.98 Å². The smallest absolute Gasteiger partial charge is 0.131 e. The molecule has 0 unspecified atom stereocenters. The van der Waals surface area contributed by atoms with Gasteiger partial charge in [-0.05, 0) is 55.0 Å². The fourth-order valence-corrected chi connectivity index (χ4v) is 2.83. The molecule has 3 heteroatoms. The Hall–Kier alpha value is -0.860. The van der Waals surface area contributed by atoms with Crippen LogP contribution in [0.3, 0.4) is 0 Å². The number of pyridine rings is 1. The topological polar surface area (TPSA) is 24.9 Å². The molecule has 1 saturated heterocycles. The first kappa shape index (κ1) is 10.3. The molecule has 1 aliphatic carbocycles. The lowest BCUT2D eigenvalue weighted by molar-refractivity contribution is 0.563. The number of nitrogens with one attached hydrogen (secondary N) is 1. The Morgan fingerprint density at radius 3 is 3.12 bits per heavy atom. The van der Waals surface area contributed by atoms with Crippen LogP contribution in [0.1, 0.15) is 24.0 Å². The van der Waals surface area contributed by atoms with Gasteiger partial charge in [0.05, 0.1) is 0 Å². The second-order valence-electron chi connectivity index (χ2n) is 4.74. The molecular weight excluding hydrogens is 220 g/mol. The van der Waals surface area contributed by atoms with Crippen LogP contribution in [-0.4, -0.2) is 17.6 Å². The Labute approximate surface area is 101 Å². The van der Waals surface area contributed by atoms with Gasteiger partial charge >= 0.3 is 0 Å². The molecule has 1 aromatic rings. The maximum atomic E-state index is 5.94. The molecule has 2 nitrogen and oxygen atoms in total. The van der Waals surface area contributed by atoms with Gasteiger partial charge in [-0.3, -0.25) is 0 Å². The number of hydrogen-bond donors (Lipinski definition) is 1. The third-order valence-electron chi connectivity index (χ3n) is 3.64. The van der Waals surface area contributed by atoms with E-state index >= 15 is 0 Å². The van der Waals surface area contributed by atoms with E-state index in [4.69, 9.17) is 11.6 Å². The summed E-state index contributed by atoms with van der Waals surface area (Å²) in [6.07, 6.45) is 6.71. The molecule has 0 aromatic carbocycles. The van der Waals surface area contributed by atoms with Crippen LogP contribution < -0.4 is 5.32 Å². The van der Waals surface area contributed by atoms with E-state index in [-0.39, 0.29) is 0 Å². The van der Waals surface area contributed by atoms with Gasteiger partial charge in [0.1, 0.15) is 5.15 Å². The zero-order valence-electron chi connectivity index (χ0n) is 9.33. The zero-order chi connectivity index (χ0) is 11.1. The van der Waals surface area contributed by atoms with Crippen LogP contribution in [-0.2, 0) is 0 Å². The predicted octanol–water partition coefficient (Wildman–Crippen LogP) is 2.81. The highest BCUT2D eigenvalue weighted by Crippen LogP contribution is 2.36. The van der Waals surface area contributed by atoms with Gasteiger partial charge in [-0.15, -0.1) is 0 Å². The highest BCUT2D eigenvalue weighted by atomic mass is 35.5. The second-order valence-corrected chi connectivity index (χ2v) is 5.10. The highest BCUT2D eigenvalue weighted by Gasteiger charge is 2.31. The van der Waals surface area contributed by atoms with Crippen LogP contribution in [0.15, 0.2) is 18.3 Å². The first-order valence-electron chi connectivity index (χ1n) is 5.80. The van der Waals surface area contributed by atoms with Crippen molar-refractivity contribution >= 4 is 17.2 Å². The summed E-state index contributed by atoms with van der Waals surface area (Å²) < 4.78 is 0. The Morgan fingerprint density at radius 1 is 1.50 bits per heavy atom. The molecule has 84 valence electrons. The first-order valence-corrected chi connectivity index (χ1v) is 6.18. The van der Waals surface area contributed by atoms with E-state index in [1.54, 1.807) is 0 Å². The summed E-state index contributed by atoms with van der Waals surface area (Å²) in [7, 11) is 0. The number of rotatable bonds is 1. The lowest BCUT2D eigenvalue weighted by atomic mass is 10.0. The van der Waals surface area contributed by atoms with Crippen LogP contribution in [0.2, 0.25) is 5.15 Å². The largest absolute Gasteiger partial charge is 0.313 e. The van der Waals surface area contributed by atoms with Crippen LogP contribution >= 0.6 is 11.6 Å². The molecule has 1 aliphatic heterocycles. The van der Waals surface area contributed by atoms with Crippen LogP contribution in [0.5, 0.6) is 0 Å². The number of hydrogen-bond acceptors (Lipinski definition) is 2. The lowest BCUT2D eigenvalue weighted by Gasteiger charge is -2.09. The quantitative estimate of drug-likeness (QED) is 0.756. The fourth-order valence-electron chi connectivity index (χ4n) is 2.72. The van der Waals surface area contributed by atoms with Gasteiger partial charge in [0.2, 0.25) is 0 Å². The fraction of sp³-hybridized carbons (Fsp3) is 0.462. The Balaban J connectivity index is 1.90. The Kier molecular flexibility index (Phi) is 2.49. The molecule has 3 rings (SSSR count). The van der Waals surface area contributed by atoms with Gasteiger partial charge in [0.25, 0.3) is 0 Å². The third kappa shape index (κ3) is 1.66. The second kappa shape index (κ2) is 3.86. The minimum absolute atomic E-state index is 0.612. The van der Waals surface area contributed by atoms with Crippen molar-refractivity contribution in [2.24, 2.45) is 5.92 Å². The van der Waals surface area contributed by atoms with Crippen LogP contribution in [0, 0.1) is 12.8 Å². The van der Waals surface area contributed by atoms with Crippen molar-refractivity contribution in [2.75, 3.05) is 6.54 Å². The minimum atomic E-state index is 0.612. The van der Waals surface area contributed by atoms with Crippen molar-refractivity contribution in [3.05, 3.63) is 34.6 Å². The predicted molar refractivity (Wildman–Crippen MR) is 66.5 cm³/mol. The molecule has 0 amide bonds. The number of aryl methyl sites for hydroxylation is 1. The van der Waals surface area contributed by atoms with E-state index in [1.165, 1.54) is 17.6 Å². The van der Waals surface area contributed by atoms with E-state index in [9.17, 15) is 0 Å². The van der Waals surface area contributed by atoms with Crippen molar-refractivity contribution in [1.82, 2.24) is 10.3 Å². The van der Waals surface area contributed by atoms with Gasteiger partial charge in [-0.2, -0.15) is 0 Å². The van der Waals surface area contributed by atoms with E-state index < -0.39 is 0 Å². The zero-order valence-corrected chi connectivity index (χ0v) is 10.1. The normalized spacial score (nSPS) is 28.0. The minimum Gasteiger partial charge on any atom is -0.313 e. The molecule has 1 aromatic heterocycles. The van der Waals surface area contributed by atoms with Crippen molar-refractivity contribution in [3.8, 4) is 0 Å². The maximum absolute atomic E-state index is 5.94. The van der Waals surface area contributed by atoms with E-state index in [1.807, 2.05) is 13.1 Å². The molecule has 1 N–H and O–H groups in total. The average Bonchev–Trinajstić information content (AvgIpc) is 2.81. The molecule has 0 radical (unpaired) electrons. The lowest BCUT2D eigenvalue weighted by Crippen LogP contribution is -2.22. The molecular formula is C13H15ClN2. The first-order chi connectivity index (χ1) is 7.74. The molecule has 2 aliphatic rings. The summed E-state index contributed by atoms with van der Waals surface area (Å²) in [5.74, 6) is 0.728.